The van der Waals surface area contributed by atoms with E-state index >= 15 is 0 Å². The van der Waals surface area contributed by atoms with Gasteiger partial charge in [0.15, 0.2) is 0 Å². The molecule has 0 amide bonds. The van der Waals surface area contributed by atoms with Crippen LogP contribution in [0.15, 0.2) is 42.5 Å². The number of halogens is 2. The first-order valence-corrected chi connectivity index (χ1v) is 7.22. The highest BCUT2D eigenvalue weighted by molar-refractivity contribution is 14.1. The summed E-state index contributed by atoms with van der Waals surface area (Å²) in [6, 6.07) is 12.7. The predicted molar refractivity (Wildman–Crippen MR) is 87.7 cm³/mol. The van der Waals surface area contributed by atoms with Crippen molar-refractivity contribution in [1.82, 2.24) is 0 Å². The van der Waals surface area contributed by atoms with Crippen LogP contribution in [0.4, 0.5) is 4.39 Å². The Kier molecular flexibility index (Phi) is 5.40. The third-order valence-electron chi connectivity index (χ3n) is 2.65. The van der Waals surface area contributed by atoms with Gasteiger partial charge >= 0.3 is 0 Å². The van der Waals surface area contributed by atoms with Gasteiger partial charge in [0, 0.05) is 0 Å². The first kappa shape index (κ1) is 14.8. The second kappa shape index (κ2) is 7.28. The first-order chi connectivity index (χ1) is 9.69. The normalized spacial score (nSPS) is 10.9. The van der Waals surface area contributed by atoms with E-state index < -0.39 is 6.67 Å². The summed E-state index contributed by atoms with van der Waals surface area (Å²) < 4.78 is 18.3. The van der Waals surface area contributed by atoms with E-state index in [1.165, 1.54) is 0 Å². The second-order valence-electron chi connectivity index (χ2n) is 4.15. The number of phenolic OH excluding ortho intramolecular Hbond substituents is 1. The smallest absolute Gasteiger partial charge is 0.132 e. The van der Waals surface area contributed by atoms with Crippen molar-refractivity contribution in [3.05, 3.63) is 57.2 Å². The summed E-state index contributed by atoms with van der Waals surface area (Å²) in [6.07, 6.45) is 3.94. The average molecular weight is 384 g/mol. The Balaban J connectivity index is 2.09. The molecule has 0 saturated carbocycles. The number of benzene rings is 2. The van der Waals surface area contributed by atoms with Gasteiger partial charge in [-0.15, -0.1) is 0 Å². The van der Waals surface area contributed by atoms with Gasteiger partial charge in [-0.3, -0.25) is 0 Å². The minimum Gasteiger partial charge on any atom is -0.508 e. The molecule has 4 heteroatoms. The molecule has 0 aliphatic rings. The quantitative estimate of drug-likeness (QED) is 0.607. The fraction of sp³-hybridized carbons (Fsp3) is 0.125. The van der Waals surface area contributed by atoms with Crippen molar-refractivity contribution in [2.75, 3.05) is 13.3 Å². The van der Waals surface area contributed by atoms with Crippen LogP contribution in [0.3, 0.4) is 0 Å². The maximum absolute atomic E-state index is 12.1. The molecule has 0 heterocycles. The van der Waals surface area contributed by atoms with Crippen LogP contribution >= 0.6 is 22.6 Å². The van der Waals surface area contributed by atoms with Crippen LogP contribution in [0, 0.1) is 3.57 Å². The maximum Gasteiger partial charge on any atom is 0.132 e. The lowest BCUT2D eigenvalue weighted by molar-refractivity contribution is 0.271. The SMILES string of the molecule is Oc1ccc(/C=C/c2ccc(OCCF)c(I)c2)cc1. The molecular formula is C16H14FIO2. The van der Waals surface area contributed by atoms with Crippen molar-refractivity contribution in [3.63, 3.8) is 0 Å². The predicted octanol–water partition coefficient (Wildman–Crippen LogP) is 4.52. The highest BCUT2D eigenvalue weighted by atomic mass is 127. The monoisotopic (exact) mass is 384 g/mol. The fourth-order valence-electron chi connectivity index (χ4n) is 1.66. The van der Waals surface area contributed by atoms with Crippen molar-refractivity contribution in [2.45, 2.75) is 0 Å². The molecule has 20 heavy (non-hydrogen) atoms. The topological polar surface area (TPSA) is 29.5 Å². The van der Waals surface area contributed by atoms with Crippen LogP contribution in [-0.2, 0) is 0 Å². The summed E-state index contributed by atoms with van der Waals surface area (Å²) in [5.41, 5.74) is 2.05. The largest absolute Gasteiger partial charge is 0.508 e. The van der Waals surface area contributed by atoms with Crippen LogP contribution in [0.25, 0.3) is 12.2 Å². The second-order valence-corrected chi connectivity index (χ2v) is 5.31. The van der Waals surface area contributed by atoms with Gasteiger partial charge in [0.25, 0.3) is 0 Å². The first-order valence-electron chi connectivity index (χ1n) is 6.14. The van der Waals surface area contributed by atoms with E-state index in [4.69, 9.17) is 4.74 Å². The van der Waals surface area contributed by atoms with E-state index in [0.717, 1.165) is 14.7 Å². The number of hydrogen-bond acceptors (Lipinski definition) is 2. The Morgan fingerprint density at radius 2 is 1.70 bits per heavy atom. The third-order valence-corrected chi connectivity index (χ3v) is 3.49. The molecule has 0 fully saturated rings. The molecule has 0 saturated heterocycles. The van der Waals surface area contributed by atoms with Gasteiger partial charge in [0.2, 0.25) is 0 Å². The molecule has 0 aliphatic carbocycles. The van der Waals surface area contributed by atoms with Crippen molar-refractivity contribution >= 4 is 34.7 Å². The van der Waals surface area contributed by atoms with E-state index in [0.29, 0.717) is 5.75 Å². The standard InChI is InChI=1S/C16H14FIO2/c17-9-10-20-16-8-5-13(11-15(16)18)2-1-12-3-6-14(19)7-4-12/h1-8,11,19H,9-10H2/b2-1+. The highest BCUT2D eigenvalue weighted by Gasteiger charge is 2.01. The zero-order valence-corrected chi connectivity index (χ0v) is 12.9. The maximum atomic E-state index is 12.1. The number of alkyl halides is 1. The Morgan fingerprint density at radius 3 is 2.35 bits per heavy atom. The van der Waals surface area contributed by atoms with Crippen LogP contribution in [0.1, 0.15) is 11.1 Å². The summed E-state index contributed by atoms with van der Waals surface area (Å²) in [5, 5.41) is 9.21. The molecule has 104 valence electrons. The summed E-state index contributed by atoms with van der Waals surface area (Å²) in [4.78, 5) is 0. The Labute approximate surface area is 131 Å². The lowest BCUT2D eigenvalue weighted by Crippen LogP contribution is -2.00. The van der Waals surface area contributed by atoms with Crippen molar-refractivity contribution in [2.24, 2.45) is 0 Å². The van der Waals surface area contributed by atoms with Crippen molar-refractivity contribution < 1.29 is 14.2 Å². The lowest BCUT2D eigenvalue weighted by Gasteiger charge is -2.06. The molecule has 0 unspecified atom stereocenters. The molecule has 0 atom stereocenters. The molecule has 0 aromatic heterocycles. The van der Waals surface area contributed by atoms with Gasteiger partial charge in [0.1, 0.15) is 24.8 Å². The molecule has 0 bridgehead atoms. The molecule has 0 radical (unpaired) electrons. The van der Waals surface area contributed by atoms with Crippen LogP contribution in [0.5, 0.6) is 11.5 Å². The van der Waals surface area contributed by atoms with Gasteiger partial charge in [-0.2, -0.15) is 0 Å². The van der Waals surface area contributed by atoms with Gasteiger partial charge in [-0.05, 0) is 58.0 Å². The van der Waals surface area contributed by atoms with Gasteiger partial charge in [0.05, 0.1) is 3.57 Å². The van der Waals surface area contributed by atoms with Gasteiger partial charge < -0.3 is 9.84 Å². The van der Waals surface area contributed by atoms with Crippen molar-refractivity contribution in [3.8, 4) is 11.5 Å². The molecule has 2 nitrogen and oxygen atoms in total. The van der Waals surface area contributed by atoms with E-state index in [2.05, 4.69) is 22.6 Å². The number of hydrogen-bond donors (Lipinski definition) is 1. The molecule has 2 aromatic carbocycles. The Morgan fingerprint density at radius 1 is 1.05 bits per heavy atom. The lowest BCUT2D eigenvalue weighted by atomic mass is 10.1. The zero-order valence-electron chi connectivity index (χ0n) is 10.7. The number of rotatable bonds is 5. The van der Waals surface area contributed by atoms with Gasteiger partial charge in [-0.25, -0.2) is 4.39 Å². The van der Waals surface area contributed by atoms with E-state index in [1.54, 1.807) is 12.1 Å². The Bertz CT molecular complexity index is 594. The molecule has 1 N–H and O–H groups in total. The summed E-state index contributed by atoms with van der Waals surface area (Å²) >= 11 is 2.17. The average Bonchev–Trinajstić information content (AvgIpc) is 2.46. The highest BCUT2D eigenvalue weighted by Crippen LogP contribution is 2.23. The van der Waals surface area contributed by atoms with Gasteiger partial charge in [-0.1, -0.05) is 30.4 Å². The molecule has 0 aliphatic heterocycles. The minimum atomic E-state index is -0.488. The fourth-order valence-corrected chi connectivity index (χ4v) is 2.36. The van der Waals surface area contributed by atoms with Crippen LogP contribution in [0.2, 0.25) is 0 Å². The van der Waals surface area contributed by atoms with Crippen LogP contribution in [-0.4, -0.2) is 18.4 Å². The molecule has 0 spiro atoms. The van der Waals surface area contributed by atoms with E-state index in [9.17, 15) is 9.50 Å². The number of aromatic hydroxyl groups is 1. The zero-order chi connectivity index (χ0) is 14.4. The summed E-state index contributed by atoms with van der Waals surface area (Å²) in [5.74, 6) is 0.955. The summed E-state index contributed by atoms with van der Waals surface area (Å²) in [7, 11) is 0. The Hall–Kier alpha value is -1.56. The van der Waals surface area contributed by atoms with Crippen molar-refractivity contribution in [1.29, 1.82) is 0 Å². The minimum absolute atomic E-state index is 0.0820. The van der Waals surface area contributed by atoms with E-state index in [1.807, 2.05) is 42.5 Å². The molecular weight excluding hydrogens is 370 g/mol. The van der Waals surface area contributed by atoms with E-state index in [-0.39, 0.29) is 12.4 Å². The number of phenols is 1. The van der Waals surface area contributed by atoms with Crippen LogP contribution < -0.4 is 4.74 Å². The molecule has 2 rings (SSSR count). The molecule has 2 aromatic rings. The summed E-state index contributed by atoms with van der Waals surface area (Å²) in [6.45, 7) is -0.405. The third kappa shape index (κ3) is 4.23. The number of ether oxygens (including phenoxy) is 1.